The van der Waals surface area contributed by atoms with Crippen LogP contribution >= 0.6 is 0 Å². The van der Waals surface area contributed by atoms with Crippen LogP contribution in [0.25, 0.3) is 22.0 Å². The molecule has 6 nitrogen and oxygen atoms in total. The minimum atomic E-state index is -0.597. The lowest BCUT2D eigenvalue weighted by Gasteiger charge is -2.12. The van der Waals surface area contributed by atoms with Crippen LogP contribution in [0.1, 0.15) is 21.6 Å². The molecule has 0 aliphatic carbocycles. The molecule has 0 saturated carbocycles. The molecule has 6 heteroatoms. The molecule has 1 amide bonds. The van der Waals surface area contributed by atoms with E-state index in [-0.39, 0.29) is 5.78 Å². The molecule has 0 atom stereocenters. The van der Waals surface area contributed by atoms with Gasteiger partial charge in [-0.3, -0.25) is 15.1 Å². The number of hydrogen-bond donors (Lipinski definition) is 2. The molecule has 0 fully saturated rings. The Labute approximate surface area is 167 Å². The van der Waals surface area contributed by atoms with E-state index >= 15 is 0 Å². The van der Waals surface area contributed by atoms with Crippen LogP contribution in [0.4, 0.5) is 10.5 Å². The zero-order valence-corrected chi connectivity index (χ0v) is 16.0. The highest BCUT2D eigenvalue weighted by Gasteiger charge is 2.15. The van der Waals surface area contributed by atoms with Crippen molar-refractivity contribution >= 4 is 28.5 Å². The summed E-state index contributed by atoms with van der Waals surface area (Å²) in [6, 6.07) is 16.6. The summed E-state index contributed by atoms with van der Waals surface area (Å²) in [5.41, 5.74) is 5.01. The maximum atomic E-state index is 13.1. The van der Waals surface area contributed by atoms with Gasteiger partial charge in [0.05, 0.1) is 7.11 Å². The number of nitrogens with one attached hydrogen (secondary N) is 2. The first-order valence-corrected chi connectivity index (χ1v) is 9.09. The van der Waals surface area contributed by atoms with Crippen LogP contribution in [0.5, 0.6) is 0 Å². The molecule has 0 aliphatic heterocycles. The Hall–Kier alpha value is -3.93. The van der Waals surface area contributed by atoms with Crippen LogP contribution in [0.15, 0.2) is 67.0 Å². The zero-order valence-electron chi connectivity index (χ0n) is 16.0. The number of fused-ring (bicyclic) bond motifs is 1. The van der Waals surface area contributed by atoms with Crippen molar-refractivity contribution in [2.24, 2.45) is 0 Å². The average Bonchev–Trinajstić information content (AvgIpc) is 3.21. The summed E-state index contributed by atoms with van der Waals surface area (Å²) in [6.07, 6.45) is 2.89. The van der Waals surface area contributed by atoms with Gasteiger partial charge < -0.3 is 9.72 Å². The van der Waals surface area contributed by atoms with E-state index in [1.54, 1.807) is 24.4 Å². The predicted octanol–water partition coefficient (Wildman–Crippen LogP) is 4.95. The number of amides is 1. The fourth-order valence-corrected chi connectivity index (χ4v) is 3.35. The number of benzene rings is 2. The van der Waals surface area contributed by atoms with Crippen molar-refractivity contribution in [3.8, 4) is 11.1 Å². The molecule has 0 bridgehead atoms. The number of rotatable bonds is 4. The fraction of sp³-hybridized carbons (Fsp3) is 0.0870. The minimum absolute atomic E-state index is 0.147. The van der Waals surface area contributed by atoms with E-state index in [4.69, 9.17) is 4.74 Å². The molecule has 4 rings (SSSR count). The largest absolute Gasteiger partial charge is 0.453 e. The number of aromatic amines is 1. The highest BCUT2D eigenvalue weighted by molar-refractivity contribution is 6.11. The van der Waals surface area contributed by atoms with E-state index < -0.39 is 6.09 Å². The van der Waals surface area contributed by atoms with Gasteiger partial charge in [0.2, 0.25) is 0 Å². The number of methoxy groups -OCH3 is 1. The lowest BCUT2D eigenvalue weighted by Crippen LogP contribution is -2.12. The second-order valence-corrected chi connectivity index (χ2v) is 6.68. The normalized spacial score (nSPS) is 10.7. The van der Waals surface area contributed by atoms with Crippen LogP contribution in [0.2, 0.25) is 0 Å². The summed E-state index contributed by atoms with van der Waals surface area (Å²) in [7, 11) is 1.30. The topological polar surface area (TPSA) is 84.1 Å². The van der Waals surface area contributed by atoms with E-state index in [0.717, 1.165) is 27.7 Å². The standard InChI is InChI=1S/C23H19N3O3/c1-14-10-15(6-8-24-14)22(27)17-11-16(12-18(13-17)26-23(28)29-2)19-4-3-5-21-20(19)7-9-25-21/h3-13,25H,1-2H3,(H,26,28). The number of H-pyrrole nitrogens is 1. The molecule has 0 radical (unpaired) electrons. The third kappa shape index (κ3) is 3.73. The van der Waals surface area contributed by atoms with Gasteiger partial charge in [-0.1, -0.05) is 12.1 Å². The molecule has 0 aliphatic rings. The van der Waals surface area contributed by atoms with E-state index in [1.165, 1.54) is 7.11 Å². The molecule has 2 aromatic heterocycles. The Morgan fingerprint density at radius 3 is 2.69 bits per heavy atom. The van der Waals surface area contributed by atoms with Crippen molar-refractivity contribution in [3.05, 3.63) is 83.8 Å². The number of ketones is 1. The summed E-state index contributed by atoms with van der Waals surface area (Å²) in [5, 5.41) is 3.70. The first-order valence-electron chi connectivity index (χ1n) is 9.09. The SMILES string of the molecule is COC(=O)Nc1cc(C(=O)c2ccnc(C)c2)cc(-c2cccc3[nH]ccc23)c1. The second-order valence-electron chi connectivity index (χ2n) is 6.68. The quantitative estimate of drug-likeness (QED) is 0.487. The summed E-state index contributed by atoms with van der Waals surface area (Å²) in [6.45, 7) is 1.84. The van der Waals surface area contributed by atoms with Crippen LogP contribution in [0, 0.1) is 6.92 Å². The third-order valence-electron chi connectivity index (χ3n) is 4.69. The molecular formula is C23H19N3O3. The Bertz CT molecular complexity index is 1230. The Kier molecular flexibility index (Phi) is 4.83. The average molecular weight is 385 g/mol. The molecule has 0 spiro atoms. The Morgan fingerprint density at radius 1 is 1.03 bits per heavy atom. The number of aromatic nitrogens is 2. The summed E-state index contributed by atoms with van der Waals surface area (Å²) in [5.74, 6) is -0.147. The molecule has 144 valence electrons. The van der Waals surface area contributed by atoms with Crippen molar-refractivity contribution in [2.45, 2.75) is 6.92 Å². The lowest BCUT2D eigenvalue weighted by atomic mass is 9.95. The second kappa shape index (κ2) is 7.59. The number of carbonyl (C=O) groups is 2. The maximum Gasteiger partial charge on any atom is 0.411 e. The molecule has 2 N–H and O–H groups in total. The van der Waals surface area contributed by atoms with Gasteiger partial charge in [0.15, 0.2) is 5.78 Å². The molecule has 2 heterocycles. The predicted molar refractivity (Wildman–Crippen MR) is 112 cm³/mol. The number of nitrogens with zero attached hydrogens (tertiary/aromatic N) is 1. The van der Waals surface area contributed by atoms with Crippen molar-refractivity contribution < 1.29 is 14.3 Å². The van der Waals surface area contributed by atoms with Gasteiger partial charge >= 0.3 is 6.09 Å². The minimum Gasteiger partial charge on any atom is -0.453 e. The van der Waals surface area contributed by atoms with Crippen LogP contribution in [-0.2, 0) is 4.74 Å². The van der Waals surface area contributed by atoms with Crippen molar-refractivity contribution in [1.82, 2.24) is 9.97 Å². The van der Waals surface area contributed by atoms with E-state index in [1.807, 2.05) is 49.5 Å². The van der Waals surface area contributed by atoms with E-state index in [9.17, 15) is 9.59 Å². The fourth-order valence-electron chi connectivity index (χ4n) is 3.35. The number of anilines is 1. The highest BCUT2D eigenvalue weighted by atomic mass is 16.5. The van der Waals surface area contributed by atoms with Crippen LogP contribution in [0.3, 0.4) is 0 Å². The van der Waals surface area contributed by atoms with Gasteiger partial charge in [0, 0.05) is 45.8 Å². The number of hydrogen-bond acceptors (Lipinski definition) is 4. The molecule has 0 saturated heterocycles. The van der Waals surface area contributed by atoms with Gasteiger partial charge in [-0.05, 0) is 60.5 Å². The first kappa shape index (κ1) is 18.4. The van der Waals surface area contributed by atoms with Crippen molar-refractivity contribution in [1.29, 1.82) is 0 Å². The summed E-state index contributed by atoms with van der Waals surface area (Å²) < 4.78 is 4.71. The highest BCUT2D eigenvalue weighted by Crippen LogP contribution is 2.31. The smallest absolute Gasteiger partial charge is 0.411 e. The monoisotopic (exact) mass is 385 g/mol. The van der Waals surface area contributed by atoms with Gasteiger partial charge in [-0.2, -0.15) is 0 Å². The zero-order chi connectivity index (χ0) is 20.4. The van der Waals surface area contributed by atoms with E-state index in [0.29, 0.717) is 16.8 Å². The van der Waals surface area contributed by atoms with Crippen LogP contribution in [-0.4, -0.2) is 29.0 Å². The number of pyridine rings is 1. The molecular weight excluding hydrogens is 366 g/mol. The number of aryl methyl sites for hydroxylation is 1. The van der Waals surface area contributed by atoms with Gasteiger partial charge in [0.25, 0.3) is 0 Å². The molecule has 4 aromatic rings. The lowest BCUT2D eigenvalue weighted by molar-refractivity contribution is 0.103. The van der Waals surface area contributed by atoms with Gasteiger partial charge in [-0.25, -0.2) is 4.79 Å². The molecule has 2 aromatic carbocycles. The number of carbonyl (C=O) groups excluding carboxylic acids is 2. The summed E-state index contributed by atoms with van der Waals surface area (Å²) in [4.78, 5) is 32.2. The van der Waals surface area contributed by atoms with E-state index in [2.05, 4.69) is 15.3 Å². The van der Waals surface area contributed by atoms with Crippen LogP contribution < -0.4 is 5.32 Å². The van der Waals surface area contributed by atoms with Gasteiger partial charge in [-0.15, -0.1) is 0 Å². The Morgan fingerprint density at radius 2 is 1.90 bits per heavy atom. The third-order valence-corrected chi connectivity index (χ3v) is 4.69. The Balaban J connectivity index is 1.86. The number of ether oxygens (including phenoxy) is 1. The van der Waals surface area contributed by atoms with Crippen molar-refractivity contribution in [3.63, 3.8) is 0 Å². The summed E-state index contributed by atoms with van der Waals surface area (Å²) >= 11 is 0. The van der Waals surface area contributed by atoms with Crippen molar-refractivity contribution in [2.75, 3.05) is 12.4 Å². The van der Waals surface area contributed by atoms with Gasteiger partial charge in [0.1, 0.15) is 0 Å². The maximum absolute atomic E-state index is 13.1. The molecule has 0 unspecified atom stereocenters. The first-order chi connectivity index (χ1) is 14.0. The molecule has 29 heavy (non-hydrogen) atoms.